The Morgan fingerprint density at radius 2 is 2.15 bits per heavy atom. The third kappa shape index (κ3) is 4.39. The predicted molar refractivity (Wildman–Crippen MR) is 77.0 cm³/mol. The molecular weight excluding hydrogens is 264 g/mol. The highest BCUT2D eigenvalue weighted by molar-refractivity contribution is 5.60. The van der Waals surface area contributed by atoms with Crippen LogP contribution in [0.5, 0.6) is 0 Å². The Labute approximate surface area is 116 Å². The first-order valence-corrected chi connectivity index (χ1v) is 6.66. The summed E-state index contributed by atoms with van der Waals surface area (Å²) >= 11 is 0. The van der Waals surface area contributed by atoms with Crippen molar-refractivity contribution in [2.24, 2.45) is 0 Å². The number of aromatic amines is 1. The summed E-state index contributed by atoms with van der Waals surface area (Å²) in [5.41, 5.74) is 5.05. The van der Waals surface area contributed by atoms with Crippen molar-refractivity contribution in [3.63, 3.8) is 0 Å². The van der Waals surface area contributed by atoms with Gasteiger partial charge in [0.1, 0.15) is 11.5 Å². The minimum atomic E-state index is -0.517. The molecule has 0 aromatic carbocycles. The summed E-state index contributed by atoms with van der Waals surface area (Å²) in [5.74, 6) is 0.150. The zero-order valence-corrected chi connectivity index (χ0v) is 11.6. The van der Waals surface area contributed by atoms with Crippen molar-refractivity contribution in [3.8, 4) is 0 Å². The zero-order chi connectivity index (χ0) is 15.0. The van der Waals surface area contributed by atoms with Gasteiger partial charge in [0, 0.05) is 19.7 Å². The van der Waals surface area contributed by atoms with Crippen LogP contribution in [0.1, 0.15) is 19.8 Å². The lowest BCUT2D eigenvalue weighted by molar-refractivity contribution is 0.0922. The number of nitrogens with zero attached hydrogens (tertiary/aromatic N) is 1. The van der Waals surface area contributed by atoms with Gasteiger partial charge < -0.3 is 20.9 Å². The van der Waals surface area contributed by atoms with Gasteiger partial charge in [-0.2, -0.15) is 0 Å². The van der Waals surface area contributed by atoms with Gasteiger partial charge >= 0.3 is 5.69 Å². The molecule has 0 saturated heterocycles. The summed E-state index contributed by atoms with van der Waals surface area (Å²) in [6.07, 6.45) is 1.40. The van der Waals surface area contributed by atoms with E-state index in [-0.39, 0.29) is 18.1 Å². The molecule has 1 aromatic heterocycles. The van der Waals surface area contributed by atoms with Crippen LogP contribution in [0.4, 0.5) is 11.5 Å². The first-order chi connectivity index (χ1) is 9.61. The van der Waals surface area contributed by atoms with Crippen LogP contribution in [0.25, 0.3) is 0 Å². The summed E-state index contributed by atoms with van der Waals surface area (Å²) in [5, 5.41) is 11.5. The van der Waals surface area contributed by atoms with E-state index in [4.69, 9.17) is 15.6 Å². The van der Waals surface area contributed by atoms with Gasteiger partial charge in [-0.1, -0.05) is 6.92 Å². The predicted octanol–water partition coefficient (Wildman–Crippen LogP) is -0.660. The first-order valence-electron chi connectivity index (χ1n) is 6.66. The van der Waals surface area contributed by atoms with Crippen LogP contribution in [0, 0.1) is 0 Å². The third-order valence-corrected chi connectivity index (χ3v) is 2.69. The van der Waals surface area contributed by atoms with E-state index in [1.54, 1.807) is 0 Å². The van der Waals surface area contributed by atoms with Gasteiger partial charge in [0.05, 0.1) is 13.2 Å². The van der Waals surface area contributed by atoms with Crippen LogP contribution >= 0.6 is 0 Å². The average Bonchev–Trinajstić information content (AvgIpc) is 2.41. The van der Waals surface area contributed by atoms with E-state index < -0.39 is 11.2 Å². The first kappa shape index (κ1) is 16.3. The standard InChI is InChI=1S/C12H22N4O4/c1-2-5-16-10(13)9(11(18)15-12(16)19)14-4-3-7-20-8-6-17/h14,17H,2-8,13H2,1H3,(H,15,18,19). The van der Waals surface area contributed by atoms with Crippen LogP contribution in [-0.4, -0.2) is 41.0 Å². The molecule has 0 aliphatic rings. The Morgan fingerprint density at radius 3 is 2.80 bits per heavy atom. The molecule has 0 atom stereocenters. The van der Waals surface area contributed by atoms with Crippen molar-refractivity contribution < 1.29 is 9.84 Å². The van der Waals surface area contributed by atoms with E-state index in [9.17, 15) is 9.59 Å². The van der Waals surface area contributed by atoms with E-state index in [1.807, 2.05) is 6.92 Å². The fraction of sp³-hybridized carbons (Fsp3) is 0.667. The molecule has 8 heteroatoms. The Bertz CT molecular complexity index is 523. The van der Waals surface area contributed by atoms with Gasteiger partial charge in [0.25, 0.3) is 5.56 Å². The normalized spacial score (nSPS) is 10.7. The molecule has 20 heavy (non-hydrogen) atoms. The van der Waals surface area contributed by atoms with Crippen LogP contribution in [0.15, 0.2) is 9.59 Å². The fourth-order valence-electron chi connectivity index (χ4n) is 1.76. The number of nitrogen functional groups attached to an aromatic ring is 1. The van der Waals surface area contributed by atoms with Gasteiger partial charge in [0.2, 0.25) is 0 Å². The largest absolute Gasteiger partial charge is 0.394 e. The lowest BCUT2D eigenvalue weighted by Crippen LogP contribution is -2.34. The minimum Gasteiger partial charge on any atom is -0.394 e. The quantitative estimate of drug-likeness (QED) is 0.447. The number of aliphatic hydroxyl groups excluding tert-OH is 1. The SMILES string of the molecule is CCCn1c(N)c(NCCCOCCO)c(=O)[nH]c1=O. The fourth-order valence-corrected chi connectivity index (χ4v) is 1.76. The average molecular weight is 286 g/mol. The summed E-state index contributed by atoms with van der Waals surface area (Å²) in [7, 11) is 0. The van der Waals surface area contributed by atoms with E-state index >= 15 is 0 Å². The summed E-state index contributed by atoms with van der Waals surface area (Å²) in [4.78, 5) is 25.6. The molecule has 114 valence electrons. The highest BCUT2D eigenvalue weighted by Crippen LogP contribution is 2.10. The molecule has 1 rings (SSSR count). The monoisotopic (exact) mass is 286 g/mol. The topological polar surface area (TPSA) is 122 Å². The molecular formula is C12H22N4O4. The molecule has 0 aliphatic heterocycles. The summed E-state index contributed by atoms with van der Waals surface area (Å²) in [6.45, 7) is 3.62. The van der Waals surface area contributed by atoms with Gasteiger partial charge in [-0.3, -0.25) is 14.3 Å². The van der Waals surface area contributed by atoms with Gasteiger partial charge in [-0.15, -0.1) is 0 Å². The summed E-state index contributed by atoms with van der Waals surface area (Å²) in [6, 6.07) is 0. The number of hydrogen-bond acceptors (Lipinski definition) is 6. The van der Waals surface area contributed by atoms with Crippen LogP contribution in [0.2, 0.25) is 0 Å². The Balaban J connectivity index is 2.68. The maximum atomic E-state index is 11.7. The van der Waals surface area contributed by atoms with Crippen molar-refractivity contribution in [2.45, 2.75) is 26.3 Å². The van der Waals surface area contributed by atoms with E-state index in [2.05, 4.69) is 10.3 Å². The van der Waals surface area contributed by atoms with Gasteiger partial charge in [-0.05, 0) is 12.8 Å². The van der Waals surface area contributed by atoms with Crippen LogP contribution in [-0.2, 0) is 11.3 Å². The number of nitrogens with one attached hydrogen (secondary N) is 2. The summed E-state index contributed by atoms with van der Waals surface area (Å²) < 4.78 is 6.44. The number of hydrogen-bond donors (Lipinski definition) is 4. The highest BCUT2D eigenvalue weighted by Gasteiger charge is 2.10. The number of ether oxygens (including phenoxy) is 1. The molecule has 0 radical (unpaired) electrons. The number of rotatable bonds is 9. The maximum absolute atomic E-state index is 11.7. The second-order valence-electron chi connectivity index (χ2n) is 4.29. The molecule has 1 aromatic rings. The molecule has 5 N–H and O–H groups in total. The number of aromatic nitrogens is 2. The molecule has 8 nitrogen and oxygen atoms in total. The van der Waals surface area contributed by atoms with Crippen molar-refractivity contribution in [2.75, 3.05) is 37.4 Å². The molecule has 0 aliphatic carbocycles. The molecule has 0 amide bonds. The van der Waals surface area contributed by atoms with Crippen molar-refractivity contribution in [1.29, 1.82) is 0 Å². The molecule has 0 unspecified atom stereocenters. The minimum absolute atomic E-state index is 0.0119. The smallest absolute Gasteiger partial charge is 0.330 e. The lowest BCUT2D eigenvalue weighted by atomic mass is 10.3. The molecule has 0 bridgehead atoms. The van der Waals surface area contributed by atoms with Crippen molar-refractivity contribution in [1.82, 2.24) is 9.55 Å². The zero-order valence-electron chi connectivity index (χ0n) is 11.6. The molecule has 0 fully saturated rings. The van der Waals surface area contributed by atoms with Gasteiger partial charge in [-0.25, -0.2) is 4.79 Å². The van der Waals surface area contributed by atoms with E-state index in [0.29, 0.717) is 32.7 Å². The molecule has 0 spiro atoms. The number of nitrogens with two attached hydrogens (primary N) is 1. The second kappa shape index (κ2) is 8.39. The molecule has 1 heterocycles. The Morgan fingerprint density at radius 1 is 1.40 bits per heavy atom. The third-order valence-electron chi connectivity index (χ3n) is 2.69. The maximum Gasteiger partial charge on any atom is 0.330 e. The molecule has 0 saturated carbocycles. The Kier molecular flexibility index (Phi) is 6.82. The highest BCUT2D eigenvalue weighted by atomic mass is 16.5. The van der Waals surface area contributed by atoms with Gasteiger partial charge in [0.15, 0.2) is 0 Å². The Hall–Kier alpha value is -1.80. The van der Waals surface area contributed by atoms with E-state index in [1.165, 1.54) is 4.57 Å². The number of aliphatic hydroxyl groups is 1. The van der Waals surface area contributed by atoms with E-state index in [0.717, 1.165) is 6.42 Å². The van der Waals surface area contributed by atoms with Crippen molar-refractivity contribution in [3.05, 3.63) is 20.8 Å². The number of anilines is 2. The number of H-pyrrole nitrogens is 1. The van der Waals surface area contributed by atoms with Crippen LogP contribution in [0.3, 0.4) is 0 Å². The lowest BCUT2D eigenvalue weighted by Gasteiger charge is -2.13. The van der Waals surface area contributed by atoms with Crippen LogP contribution < -0.4 is 22.3 Å². The second-order valence-corrected chi connectivity index (χ2v) is 4.29. The van der Waals surface area contributed by atoms with Crippen molar-refractivity contribution >= 4 is 11.5 Å².